The van der Waals surface area contributed by atoms with Crippen LogP contribution in [0.4, 0.5) is 5.82 Å². The van der Waals surface area contributed by atoms with Gasteiger partial charge in [-0.3, -0.25) is 9.78 Å². The summed E-state index contributed by atoms with van der Waals surface area (Å²) in [6.07, 6.45) is 8.82. The molecule has 0 spiro atoms. The normalized spacial score (nSPS) is 19.8. The van der Waals surface area contributed by atoms with Crippen LogP contribution in [-0.4, -0.2) is 25.4 Å². The van der Waals surface area contributed by atoms with Crippen molar-refractivity contribution in [3.05, 3.63) is 41.0 Å². The summed E-state index contributed by atoms with van der Waals surface area (Å²) in [5.41, 5.74) is 11.3. The molecule has 148 valence electrons. The fourth-order valence-electron chi connectivity index (χ4n) is 4.25. The van der Waals surface area contributed by atoms with Crippen molar-refractivity contribution in [3.63, 3.8) is 0 Å². The molecule has 0 unspecified atom stereocenters. The van der Waals surface area contributed by atoms with Crippen LogP contribution < -0.4 is 5.73 Å². The molecule has 1 fully saturated rings. The average Bonchev–Trinajstić information content (AvgIpc) is 3.37. The van der Waals surface area contributed by atoms with Crippen LogP contribution >= 0.6 is 15.9 Å². The maximum Gasteiger partial charge on any atom is 0.165 e. The van der Waals surface area contributed by atoms with E-state index in [1.54, 1.807) is 30.1 Å². The Kier molecular flexibility index (Phi) is 4.38. The van der Waals surface area contributed by atoms with Gasteiger partial charge >= 0.3 is 0 Å². The monoisotopic (exact) mass is 453 g/mol. The summed E-state index contributed by atoms with van der Waals surface area (Å²) < 4.78 is 7.92. The SMILES string of the molecule is CC(=O)C1CCC(c2nc3c(-c4cnc5ccoc5c4)cnn3c(N)c2Br)CC1. The largest absolute Gasteiger partial charge is 0.463 e. The number of rotatable bonds is 3. The third-order valence-corrected chi connectivity index (χ3v) is 6.76. The first-order valence-electron chi connectivity index (χ1n) is 9.69. The Labute approximate surface area is 175 Å². The fourth-order valence-corrected chi connectivity index (χ4v) is 4.83. The number of carbonyl (C=O) groups is 1. The summed E-state index contributed by atoms with van der Waals surface area (Å²) in [5, 5.41) is 4.44. The minimum atomic E-state index is 0.169. The van der Waals surface area contributed by atoms with Gasteiger partial charge in [0.1, 0.15) is 17.1 Å². The van der Waals surface area contributed by atoms with E-state index in [0.29, 0.717) is 11.5 Å². The second-order valence-electron chi connectivity index (χ2n) is 7.68. The number of anilines is 1. The molecule has 4 aromatic rings. The first-order chi connectivity index (χ1) is 14.0. The number of nitrogens with two attached hydrogens (primary N) is 1. The van der Waals surface area contributed by atoms with Crippen molar-refractivity contribution < 1.29 is 9.21 Å². The van der Waals surface area contributed by atoms with Crippen molar-refractivity contribution in [2.24, 2.45) is 5.92 Å². The van der Waals surface area contributed by atoms with Gasteiger partial charge in [-0.25, -0.2) is 4.98 Å². The summed E-state index contributed by atoms with van der Waals surface area (Å²) in [4.78, 5) is 21.1. The van der Waals surface area contributed by atoms with E-state index in [9.17, 15) is 4.79 Å². The molecule has 1 aliphatic rings. The van der Waals surface area contributed by atoms with Crippen LogP contribution in [0.3, 0.4) is 0 Å². The van der Waals surface area contributed by atoms with Crippen LogP contribution in [0.25, 0.3) is 27.9 Å². The molecule has 4 aromatic heterocycles. The third-order valence-electron chi connectivity index (χ3n) is 5.95. The van der Waals surface area contributed by atoms with Crippen molar-refractivity contribution in [2.45, 2.75) is 38.5 Å². The van der Waals surface area contributed by atoms with Gasteiger partial charge in [0, 0.05) is 35.2 Å². The predicted octanol–water partition coefficient (Wildman–Crippen LogP) is 4.75. The van der Waals surface area contributed by atoms with Crippen LogP contribution in [0.15, 0.2) is 39.7 Å². The summed E-state index contributed by atoms with van der Waals surface area (Å²) >= 11 is 3.63. The standard InChI is InChI=1S/C21H20BrN5O2/c1-11(28)12-2-4-13(5-3-12)19-18(22)20(23)27-21(26-19)15(10-25-27)14-8-17-16(24-9-14)6-7-29-17/h6-10,12-13H,2-5,23H2,1H3. The number of pyridine rings is 1. The van der Waals surface area contributed by atoms with Gasteiger partial charge in [0.15, 0.2) is 11.2 Å². The molecular weight excluding hydrogens is 434 g/mol. The van der Waals surface area contributed by atoms with E-state index in [-0.39, 0.29) is 17.6 Å². The second kappa shape index (κ2) is 6.95. The van der Waals surface area contributed by atoms with Crippen molar-refractivity contribution in [3.8, 4) is 11.1 Å². The second-order valence-corrected chi connectivity index (χ2v) is 8.47. The Balaban J connectivity index is 1.59. The number of hydrogen-bond donors (Lipinski definition) is 1. The first kappa shape index (κ1) is 18.3. The number of nitrogens with zero attached hydrogens (tertiary/aromatic N) is 4. The molecule has 7 nitrogen and oxygen atoms in total. The number of halogens is 1. The molecule has 1 aliphatic carbocycles. The molecule has 29 heavy (non-hydrogen) atoms. The minimum Gasteiger partial charge on any atom is -0.463 e. The van der Waals surface area contributed by atoms with Crippen LogP contribution in [0.2, 0.25) is 0 Å². The smallest absolute Gasteiger partial charge is 0.165 e. The Bertz CT molecular complexity index is 1240. The summed E-state index contributed by atoms with van der Waals surface area (Å²) in [7, 11) is 0. The van der Waals surface area contributed by atoms with Crippen molar-refractivity contribution >= 4 is 44.3 Å². The fraction of sp³-hybridized carbons (Fsp3) is 0.333. The van der Waals surface area contributed by atoms with E-state index < -0.39 is 0 Å². The van der Waals surface area contributed by atoms with E-state index >= 15 is 0 Å². The molecule has 0 aliphatic heterocycles. The van der Waals surface area contributed by atoms with Gasteiger partial charge in [-0.05, 0) is 54.6 Å². The highest BCUT2D eigenvalue weighted by Crippen LogP contribution is 2.40. The Morgan fingerprint density at radius 3 is 2.83 bits per heavy atom. The predicted molar refractivity (Wildman–Crippen MR) is 113 cm³/mol. The van der Waals surface area contributed by atoms with E-state index in [4.69, 9.17) is 15.1 Å². The molecule has 0 radical (unpaired) electrons. The Morgan fingerprint density at radius 2 is 2.07 bits per heavy atom. The number of nitrogen functional groups attached to an aromatic ring is 1. The molecule has 8 heteroatoms. The van der Waals surface area contributed by atoms with Crippen molar-refractivity contribution in [2.75, 3.05) is 5.73 Å². The molecule has 0 saturated heterocycles. The third kappa shape index (κ3) is 3.02. The molecule has 1 saturated carbocycles. The van der Waals surface area contributed by atoms with Crippen LogP contribution in [-0.2, 0) is 4.79 Å². The van der Waals surface area contributed by atoms with Gasteiger partial charge in [0.25, 0.3) is 0 Å². The van der Waals surface area contributed by atoms with Gasteiger partial charge in [0.05, 0.1) is 22.6 Å². The molecule has 0 bridgehead atoms. The maximum atomic E-state index is 11.7. The van der Waals surface area contributed by atoms with Gasteiger partial charge in [0.2, 0.25) is 0 Å². The van der Waals surface area contributed by atoms with E-state index in [1.807, 2.05) is 12.1 Å². The zero-order chi connectivity index (χ0) is 20.1. The average molecular weight is 454 g/mol. The lowest BCUT2D eigenvalue weighted by Crippen LogP contribution is -2.20. The molecule has 0 aromatic carbocycles. The van der Waals surface area contributed by atoms with E-state index in [0.717, 1.165) is 58.1 Å². The van der Waals surface area contributed by atoms with E-state index in [2.05, 4.69) is 26.0 Å². The highest BCUT2D eigenvalue weighted by Gasteiger charge is 2.29. The number of carbonyl (C=O) groups excluding carboxylic acids is 1. The highest BCUT2D eigenvalue weighted by atomic mass is 79.9. The topological polar surface area (TPSA) is 99.3 Å². The van der Waals surface area contributed by atoms with Crippen LogP contribution in [0.5, 0.6) is 0 Å². The Hall–Kier alpha value is -2.74. The lowest BCUT2D eigenvalue weighted by Gasteiger charge is -2.27. The summed E-state index contributed by atoms with van der Waals surface area (Å²) in [6, 6.07) is 3.77. The number of furan rings is 1. The lowest BCUT2D eigenvalue weighted by atomic mass is 9.79. The quantitative estimate of drug-likeness (QED) is 0.480. The first-order valence-corrected chi connectivity index (χ1v) is 10.5. The van der Waals surface area contributed by atoms with Crippen molar-refractivity contribution in [1.29, 1.82) is 0 Å². The van der Waals surface area contributed by atoms with Crippen LogP contribution in [0.1, 0.15) is 44.2 Å². The van der Waals surface area contributed by atoms with Gasteiger partial charge in [-0.2, -0.15) is 9.61 Å². The number of ketones is 1. The van der Waals surface area contributed by atoms with Gasteiger partial charge < -0.3 is 10.2 Å². The zero-order valence-corrected chi connectivity index (χ0v) is 17.5. The molecule has 4 heterocycles. The van der Waals surface area contributed by atoms with E-state index in [1.165, 1.54) is 0 Å². The number of Topliss-reactive ketones (excluding diaryl/α,β-unsaturated/α-hetero) is 1. The minimum absolute atomic E-state index is 0.169. The lowest BCUT2D eigenvalue weighted by molar-refractivity contribution is -0.121. The maximum absolute atomic E-state index is 11.7. The highest BCUT2D eigenvalue weighted by molar-refractivity contribution is 9.10. The number of hydrogen-bond acceptors (Lipinski definition) is 6. The van der Waals surface area contributed by atoms with Crippen molar-refractivity contribution in [1.82, 2.24) is 19.6 Å². The molecular formula is C21H20BrN5O2. The van der Waals surface area contributed by atoms with Gasteiger partial charge in [-0.1, -0.05) is 0 Å². The molecule has 2 N–H and O–H groups in total. The van der Waals surface area contributed by atoms with Crippen LogP contribution in [0, 0.1) is 5.92 Å². The Morgan fingerprint density at radius 1 is 1.28 bits per heavy atom. The molecule has 0 atom stereocenters. The number of fused-ring (bicyclic) bond motifs is 2. The number of aromatic nitrogens is 4. The van der Waals surface area contributed by atoms with Gasteiger partial charge in [-0.15, -0.1) is 0 Å². The summed E-state index contributed by atoms with van der Waals surface area (Å²) in [5.74, 6) is 1.24. The summed E-state index contributed by atoms with van der Waals surface area (Å²) in [6.45, 7) is 1.69. The molecule has 0 amide bonds. The zero-order valence-electron chi connectivity index (χ0n) is 15.9. The molecule has 5 rings (SSSR count).